The summed E-state index contributed by atoms with van der Waals surface area (Å²) in [5, 5.41) is 3.84. The number of nitrogens with zero attached hydrogens (tertiary/aromatic N) is 2. The number of hydrogen-bond acceptors (Lipinski definition) is 4. The van der Waals surface area contributed by atoms with Crippen LogP contribution in [0, 0.1) is 0 Å². The lowest BCUT2D eigenvalue weighted by atomic mass is 10.3. The van der Waals surface area contributed by atoms with E-state index in [9.17, 15) is 35.9 Å². The Morgan fingerprint density at radius 2 is 1.10 bits per heavy atom. The third-order valence-electron chi connectivity index (χ3n) is 2.81. The molecule has 0 aliphatic rings. The Bertz CT molecular complexity index is 806. The topological polar surface area (TPSA) is 84.0 Å². The van der Waals surface area contributed by atoms with Crippen molar-refractivity contribution >= 4 is 35.0 Å². The van der Waals surface area contributed by atoms with Crippen LogP contribution in [0.3, 0.4) is 0 Å². The van der Waals surface area contributed by atoms with Gasteiger partial charge in [-0.3, -0.25) is 19.6 Å². The molecular weight excluding hydrogens is 465 g/mol. The third-order valence-corrected chi connectivity index (χ3v) is 3.28. The minimum Gasteiger partial charge on any atom is -0.342 e. The Balaban J connectivity index is 0.000000300. The van der Waals surface area contributed by atoms with Gasteiger partial charge in [-0.15, -0.1) is 0 Å². The van der Waals surface area contributed by atoms with Crippen LogP contribution in [0.2, 0.25) is 10.0 Å². The summed E-state index contributed by atoms with van der Waals surface area (Å²) in [6, 6.07) is 5.21. The normalized spacial score (nSPS) is 11.2. The zero-order valence-electron chi connectivity index (χ0n) is 14.6. The molecule has 2 amide bonds. The van der Waals surface area contributed by atoms with Gasteiger partial charge in [-0.25, -0.2) is 0 Å². The van der Waals surface area contributed by atoms with Gasteiger partial charge in [0.15, 0.2) is 0 Å². The van der Waals surface area contributed by atoms with Crippen molar-refractivity contribution in [1.82, 2.24) is 20.6 Å². The second kappa shape index (κ2) is 11.0. The van der Waals surface area contributed by atoms with Gasteiger partial charge in [-0.2, -0.15) is 26.3 Å². The highest BCUT2D eigenvalue weighted by Gasteiger charge is 2.28. The van der Waals surface area contributed by atoms with Crippen molar-refractivity contribution in [2.75, 3.05) is 13.1 Å². The first-order valence-electron chi connectivity index (χ1n) is 7.70. The molecule has 0 bridgehead atoms. The van der Waals surface area contributed by atoms with Crippen LogP contribution in [0.5, 0.6) is 0 Å². The first-order chi connectivity index (χ1) is 13.8. The van der Waals surface area contributed by atoms with Crippen molar-refractivity contribution in [2.45, 2.75) is 12.4 Å². The maximum atomic E-state index is 11.7. The molecule has 0 radical (unpaired) electrons. The summed E-state index contributed by atoms with van der Waals surface area (Å²) in [6.45, 7) is -2.78. The van der Waals surface area contributed by atoms with Crippen LogP contribution in [-0.4, -0.2) is 47.2 Å². The minimum atomic E-state index is -4.44. The van der Waals surface area contributed by atoms with Gasteiger partial charge in [0.1, 0.15) is 24.5 Å². The number of hydrogen-bond donors (Lipinski definition) is 2. The molecule has 164 valence electrons. The molecule has 0 spiro atoms. The van der Waals surface area contributed by atoms with Gasteiger partial charge in [-0.05, 0) is 24.3 Å². The molecule has 0 fully saturated rings. The lowest BCUT2D eigenvalue weighted by Crippen LogP contribution is -2.34. The SMILES string of the molecule is O=C(NCC(F)(F)F)c1cc(Cl)ccn1.O=C(NCC(F)(F)F)c1cc(Cl)ccn1. The van der Waals surface area contributed by atoms with E-state index in [0.29, 0.717) is 0 Å². The van der Waals surface area contributed by atoms with Crippen LogP contribution in [0.4, 0.5) is 26.3 Å². The zero-order valence-corrected chi connectivity index (χ0v) is 16.1. The predicted octanol–water partition coefficient (Wildman–Crippen LogP) is 4.05. The molecule has 0 saturated heterocycles. The zero-order chi connectivity index (χ0) is 22.9. The fourth-order valence-corrected chi connectivity index (χ4v) is 1.92. The third kappa shape index (κ3) is 10.8. The monoisotopic (exact) mass is 476 g/mol. The molecule has 0 unspecified atom stereocenters. The average molecular weight is 477 g/mol. The Kier molecular flexibility index (Phi) is 9.30. The average Bonchev–Trinajstić information content (AvgIpc) is 2.63. The van der Waals surface area contributed by atoms with E-state index < -0.39 is 37.3 Å². The molecule has 2 rings (SSSR count). The quantitative estimate of drug-likeness (QED) is 0.652. The van der Waals surface area contributed by atoms with E-state index in [1.807, 2.05) is 0 Å². The molecule has 0 aliphatic carbocycles. The summed E-state index contributed by atoms with van der Waals surface area (Å²) in [6.07, 6.45) is -6.39. The second-order valence-corrected chi connectivity index (χ2v) is 6.19. The summed E-state index contributed by atoms with van der Waals surface area (Å²) in [7, 11) is 0. The number of alkyl halides is 6. The van der Waals surface area contributed by atoms with Crippen LogP contribution >= 0.6 is 23.2 Å². The summed E-state index contributed by atoms with van der Waals surface area (Å²) in [5.41, 5.74) is -0.293. The molecule has 2 heterocycles. The number of halogens is 8. The van der Waals surface area contributed by atoms with E-state index in [0.717, 1.165) is 0 Å². The van der Waals surface area contributed by atoms with E-state index in [1.54, 1.807) is 10.6 Å². The number of amides is 2. The summed E-state index contributed by atoms with van der Waals surface area (Å²) in [4.78, 5) is 29.4. The van der Waals surface area contributed by atoms with Crippen LogP contribution < -0.4 is 10.6 Å². The minimum absolute atomic E-state index is 0.147. The molecule has 0 saturated carbocycles. The molecule has 0 atom stereocenters. The van der Waals surface area contributed by atoms with E-state index in [1.165, 1.54) is 36.7 Å². The number of aromatic nitrogens is 2. The molecule has 2 aromatic rings. The summed E-state index contributed by atoms with van der Waals surface area (Å²) in [5.74, 6) is -1.82. The van der Waals surface area contributed by atoms with E-state index >= 15 is 0 Å². The molecule has 6 nitrogen and oxygen atoms in total. The fraction of sp³-hybridized carbons (Fsp3) is 0.250. The fourth-order valence-electron chi connectivity index (χ4n) is 1.60. The van der Waals surface area contributed by atoms with E-state index in [4.69, 9.17) is 23.2 Å². The molecule has 2 N–H and O–H groups in total. The largest absolute Gasteiger partial charge is 0.405 e. The molecule has 0 aliphatic heterocycles. The van der Waals surface area contributed by atoms with Crippen LogP contribution in [-0.2, 0) is 0 Å². The molecular formula is C16H12Cl2F6N4O2. The highest BCUT2D eigenvalue weighted by Crippen LogP contribution is 2.14. The number of pyridine rings is 2. The molecule has 14 heteroatoms. The summed E-state index contributed by atoms with van der Waals surface area (Å²) >= 11 is 11.1. The van der Waals surface area contributed by atoms with Crippen LogP contribution in [0.25, 0.3) is 0 Å². The van der Waals surface area contributed by atoms with E-state index in [-0.39, 0.29) is 21.4 Å². The predicted molar refractivity (Wildman–Crippen MR) is 95.3 cm³/mol. The van der Waals surface area contributed by atoms with Gasteiger partial charge in [0, 0.05) is 22.4 Å². The second-order valence-electron chi connectivity index (χ2n) is 5.31. The molecule has 30 heavy (non-hydrogen) atoms. The van der Waals surface area contributed by atoms with Crippen LogP contribution in [0.1, 0.15) is 21.0 Å². The van der Waals surface area contributed by atoms with Gasteiger partial charge in [-0.1, -0.05) is 23.2 Å². The Morgan fingerprint density at radius 1 is 0.767 bits per heavy atom. The molecule has 0 aromatic carbocycles. The first kappa shape index (κ1) is 25.4. The van der Waals surface area contributed by atoms with Crippen LogP contribution in [0.15, 0.2) is 36.7 Å². The smallest absolute Gasteiger partial charge is 0.342 e. The van der Waals surface area contributed by atoms with E-state index in [2.05, 4.69) is 9.97 Å². The Hall–Kier alpha value is -2.60. The Labute approximate surface area is 175 Å². The van der Waals surface area contributed by atoms with Gasteiger partial charge >= 0.3 is 12.4 Å². The Morgan fingerprint density at radius 3 is 1.37 bits per heavy atom. The lowest BCUT2D eigenvalue weighted by molar-refractivity contribution is -0.123. The number of carbonyl (C=O) groups excluding carboxylic acids is 2. The highest BCUT2D eigenvalue weighted by atomic mass is 35.5. The standard InChI is InChI=1S/2C8H6ClF3N2O/c2*9-5-1-2-13-6(3-5)7(15)14-4-8(10,11)12/h2*1-3H,4H2,(H,14,15). The number of carbonyl (C=O) groups is 2. The van der Waals surface area contributed by atoms with Crippen molar-refractivity contribution in [3.8, 4) is 0 Å². The van der Waals surface area contributed by atoms with Crippen molar-refractivity contribution in [3.63, 3.8) is 0 Å². The van der Waals surface area contributed by atoms with Crippen molar-refractivity contribution in [2.24, 2.45) is 0 Å². The molecule has 2 aromatic heterocycles. The highest BCUT2D eigenvalue weighted by molar-refractivity contribution is 6.31. The first-order valence-corrected chi connectivity index (χ1v) is 8.45. The lowest BCUT2D eigenvalue weighted by Gasteiger charge is -2.07. The summed E-state index contributed by atoms with van der Waals surface area (Å²) < 4.78 is 70.5. The maximum absolute atomic E-state index is 11.7. The number of nitrogens with one attached hydrogen (secondary N) is 2. The van der Waals surface area contributed by atoms with Crippen molar-refractivity contribution in [1.29, 1.82) is 0 Å². The van der Waals surface area contributed by atoms with Gasteiger partial charge < -0.3 is 10.6 Å². The number of rotatable bonds is 4. The maximum Gasteiger partial charge on any atom is 0.405 e. The van der Waals surface area contributed by atoms with Crippen molar-refractivity contribution < 1.29 is 35.9 Å². The van der Waals surface area contributed by atoms with Gasteiger partial charge in [0.2, 0.25) is 0 Å². The van der Waals surface area contributed by atoms with Gasteiger partial charge in [0.05, 0.1) is 0 Å². The van der Waals surface area contributed by atoms with Crippen molar-refractivity contribution in [3.05, 3.63) is 58.1 Å². The van der Waals surface area contributed by atoms with Gasteiger partial charge in [0.25, 0.3) is 11.8 Å².